The zero-order valence-electron chi connectivity index (χ0n) is 12.0. The number of hydrogen-bond acceptors (Lipinski definition) is 4. The van der Waals surface area contributed by atoms with E-state index in [1.54, 1.807) is 13.3 Å². The molecule has 1 heterocycles. The lowest BCUT2D eigenvalue weighted by Gasteiger charge is -2.17. The molecule has 1 aromatic rings. The van der Waals surface area contributed by atoms with Crippen LogP contribution in [0.5, 0.6) is 5.75 Å². The van der Waals surface area contributed by atoms with Crippen LogP contribution in [0.1, 0.15) is 37.9 Å². The first-order valence-corrected chi connectivity index (χ1v) is 6.60. The Balaban J connectivity index is 2.80. The SMILES string of the molecule is CCCCC(N)c1c(OC)cnn1CCN(C)C. The van der Waals surface area contributed by atoms with Crippen molar-refractivity contribution in [1.82, 2.24) is 14.7 Å². The van der Waals surface area contributed by atoms with E-state index in [2.05, 4.69) is 31.0 Å². The van der Waals surface area contributed by atoms with Gasteiger partial charge in [0.2, 0.25) is 0 Å². The molecule has 5 heteroatoms. The molecule has 0 saturated carbocycles. The average molecular weight is 254 g/mol. The molecule has 0 aliphatic rings. The predicted octanol–water partition coefficient (Wildman–Crippen LogP) is 1.64. The molecule has 0 saturated heterocycles. The standard InChI is InChI=1S/C13H26N4O/c1-5-6-7-11(14)13-12(18-4)10-15-17(13)9-8-16(2)3/h10-11H,5-9,14H2,1-4H3. The zero-order chi connectivity index (χ0) is 13.5. The number of likely N-dealkylation sites (N-methyl/N-ethyl adjacent to an activating group) is 1. The van der Waals surface area contributed by atoms with Crippen molar-refractivity contribution < 1.29 is 4.74 Å². The third-order valence-corrected chi connectivity index (χ3v) is 3.04. The molecule has 0 amide bonds. The molecule has 0 aliphatic heterocycles. The lowest BCUT2D eigenvalue weighted by molar-refractivity contribution is 0.358. The number of methoxy groups -OCH3 is 1. The van der Waals surface area contributed by atoms with Gasteiger partial charge >= 0.3 is 0 Å². The van der Waals surface area contributed by atoms with Crippen molar-refractivity contribution in [2.45, 2.75) is 38.8 Å². The molecule has 18 heavy (non-hydrogen) atoms. The highest BCUT2D eigenvalue weighted by molar-refractivity contribution is 5.28. The fraction of sp³-hybridized carbons (Fsp3) is 0.769. The minimum Gasteiger partial charge on any atom is -0.493 e. The van der Waals surface area contributed by atoms with Crippen molar-refractivity contribution in [3.63, 3.8) is 0 Å². The van der Waals surface area contributed by atoms with Gasteiger partial charge in [0.1, 0.15) is 0 Å². The molecule has 104 valence electrons. The summed E-state index contributed by atoms with van der Waals surface area (Å²) in [6.07, 6.45) is 5.02. The van der Waals surface area contributed by atoms with E-state index < -0.39 is 0 Å². The summed E-state index contributed by atoms with van der Waals surface area (Å²) in [5.41, 5.74) is 7.28. The Morgan fingerprint density at radius 1 is 1.50 bits per heavy atom. The summed E-state index contributed by atoms with van der Waals surface area (Å²) >= 11 is 0. The smallest absolute Gasteiger partial charge is 0.161 e. The Bertz CT molecular complexity index is 349. The quantitative estimate of drug-likeness (QED) is 0.766. The number of ether oxygens (including phenoxy) is 1. The molecule has 5 nitrogen and oxygen atoms in total. The van der Waals surface area contributed by atoms with Crippen molar-refractivity contribution in [1.29, 1.82) is 0 Å². The van der Waals surface area contributed by atoms with Crippen LogP contribution in [-0.4, -0.2) is 42.4 Å². The van der Waals surface area contributed by atoms with Gasteiger partial charge in [-0.05, 0) is 20.5 Å². The Labute approximate surface area is 110 Å². The van der Waals surface area contributed by atoms with E-state index in [9.17, 15) is 0 Å². The molecule has 0 fully saturated rings. The highest BCUT2D eigenvalue weighted by Gasteiger charge is 2.18. The van der Waals surface area contributed by atoms with Gasteiger partial charge in [-0.25, -0.2) is 0 Å². The molecule has 0 aliphatic carbocycles. The van der Waals surface area contributed by atoms with Crippen LogP contribution in [-0.2, 0) is 6.54 Å². The van der Waals surface area contributed by atoms with Gasteiger partial charge in [0.15, 0.2) is 5.75 Å². The normalized spacial score (nSPS) is 13.0. The Morgan fingerprint density at radius 3 is 2.78 bits per heavy atom. The third kappa shape index (κ3) is 3.99. The maximum absolute atomic E-state index is 6.25. The maximum atomic E-state index is 6.25. The van der Waals surface area contributed by atoms with Gasteiger partial charge in [0, 0.05) is 6.54 Å². The van der Waals surface area contributed by atoms with Gasteiger partial charge in [-0.2, -0.15) is 5.10 Å². The summed E-state index contributed by atoms with van der Waals surface area (Å²) in [7, 11) is 5.78. The Kier molecular flexibility index (Phi) is 6.15. The number of rotatable bonds is 8. The lowest BCUT2D eigenvalue weighted by atomic mass is 10.1. The minimum atomic E-state index is 0.00422. The second kappa shape index (κ2) is 7.38. The fourth-order valence-corrected chi connectivity index (χ4v) is 1.94. The zero-order valence-corrected chi connectivity index (χ0v) is 12.0. The first-order chi connectivity index (χ1) is 8.60. The summed E-state index contributed by atoms with van der Waals surface area (Å²) in [5.74, 6) is 0.803. The Morgan fingerprint density at radius 2 is 2.22 bits per heavy atom. The summed E-state index contributed by atoms with van der Waals surface area (Å²) in [5, 5.41) is 4.37. The van der Waals surface area contributed by atoms with E-state index in [1.165, 1.54) is 0 Å². The largest absolute Gasteiger partial charge is 0.493 e. The molecule has 1 unspecified atom stereocenters. The predicted molar refractivity (Wildman–Crippen MR) is 73.8 cm³/mol. The van der Waals surface area contributed by atoms with Crippen LogP contribution >= 0.6 is 0 Å². The van der Waals surface area contributed by atoms with Gasteiger partial charge in [0.25, 0.3) is 0 Å². The average Bonchev–Trinajstić information content (AvgIpc) is 2.76. The van der Waals surface area contributed by atoms with Crippen LogP contribution in [0.2, 0.25) is 0 Å². The molecular formula is C13H26N4O. The van der Waals surface area contributed by atoms with Crippen molar-refractivity contribution in [2.75, 3.05) is 27.7 Å². The molecule has 0 radical (unpaired) electrons. The third-order valence-electron chi connectivity index (χ3n) is 3.04. The van der Waals surface area contributed by atoms with Crippen LogP contribution in [0, 0.1) is 0 Å². The maximum Gasteiger partial charge on any atom is 0.161 e. The topological polar surface area (TPSA) is 56.3 Å². The number of nitrogens with two attached hydrogens (primary N) is 1. The first-order valence-electron chi connectivity index (χ1n) is 6.60. The summed E-state index contributed by atoms with van der Waals surface area (Å²) in [6.45, 7) is 3.96. The minimum absolute atomic E-state index is 0.00422. The highest BCUT2D eigenvalue weighted by atomic mass is 16.5. The number of nitrogens with zero attached hydrogens (tertiary/aromatic N) is 3. The lowest BCUT2D eigenvalue weighted by Crippen LogP contribution is -2.23. The Hall–Kier alpha value is -1.07. The second-order valence-electron chi connectivity index (χ2n) is 4.87. The number of hydrogen-bond donors (Lipinski definition) is 1. The van der Waals surface area contributed by atoms with E-state index in [0.717, 1.165) is 43.8 Å². The highest BCUT2D eigenvalue weighted by Crippen LogP contribution is 2.26. The molecule has 1 rings (SSSR count). The van der Waals surface area contributed by atoms with Gasteiger partial charge in [0.05, 0.1) is 31.6 Å². The van der Waals surface area contributed by atoms with E-state index >= 15 is 0 Å². The molecule has 0 aromatic carbocycles. The summed E-state index contributed by atoms with van der Waals surface area (Å²) < 4.78 is 7.33. The van der Waals surface area contributed by atoms with E-state index in [-0.39, 0.29) is 6.04 Å². The monoisotopic (exact) mass is 254 g/mol. The molecule has 0 bridgehead atoms. The van der Waals surface area contributed by atoms with Gasteiger partial charge in [-0.15, -0.1) is 0 Å². The van der Waals surface area contributed by atoms with Crippen molar-refractivity contribution in [2.24, 2.45) is 5.73 Å². The van der Waals surface area contributed by atoms with E-state index in [0.29, 0.717) is 0 Å². The van der Waals surface area contributed by atoms with Crippen molar-refractivity contribution in [3.05, 3.63) is 11.9 Å². The van der Waals surface area contributed by atoms with Crippen LogP contribution in [0.4, 0.5) is 0 Å². The van der Waals surface area contributed by atoms with E-state index in [1.807, 2.05) is 4.68 Å². The van der Waals surface area contributed by atoms with Crippen LogP contribution in [0.15, 0.2) is 6.20 Å². The second-order valence-corrected chi connectivity index (χ2v) is 4.87. The molecule has 1 atom stereocenters. The molecule has 0 spiro atoms. The van der Waals surface area contributed by atoms with Gasteiger partial charge < -0.3 is 15.4 Å². The van der Waals surface area contributed by atoms with Gasteiger partial charge in [-0.1, -0.05) is 19.8 Å². The van der Waals surface area contributed by atoms with Crippen LogP contribution < -0.4 is 10.5 Å². The van der Waals surface area contributed by atoms with Crippen molar-refractivity contribution in [3.8, 4) is 5.75 Å². The molecular weight excluding hydrogens is 228 g/mol. The first kappa shape index (κ1) is 15.0. The number of aromatic nitrogens is 2. The van der Waals surface area contributed by atoms with Crippen molar-refractivity contribution >= 4 is 0 Å². The van der Waals surface area contributed by atoms with E-state index in [4.69, 9.17) is 10.5 Å². The summed E-state index contributed by atoms with van der Waals surface area (Å²) in [4.78, 5) is 2.13. The summed E-state index contributed by atoms with van der Waals surface area (Å²) in [6, 6.07) is 0.00422. The molecule has 1 aromatic heterocycles. The fourth-order valence-electron chi connectivity index (χ4n) is 1.94. The number of unbranched alkanes of at least 4 members (excludes halogenated alkanes) is 1. The molecule has 2 N–H and O–H groups in total. The van der Waals surface area contributed by atoms with Gasteiger partial charge in [-0.3, -0.25) is 4.68 Å². The van der Waals surface area contributed by atoms with Crippen LogP contribution in [0.25, 0.3) is 0 Å². The van der Waals surface area contributed by atoms with Crippen LogP contribution in [0.3, 0.4) is 0 Å².